The molecule has 1 aromatic heterocycles. The van der Waals surface area contributed by atoms with Crippen LogP contribution in [0.25, 0.3) is 0 Å². The van der Waals surface area contributed by atoms with Crippen molar-refractivity contribution >= 4 is 17.7 Å². The van der Waals surface area contributed by atoms with Gasteiger partial charge in [-0.1, -0.05) is 11.8 Å². The Labute approximate surface area is 117 Å². The van der Waals surface area contributed by atoms with Crippen molar-refractivity contribution in [2.45, 2.75) is 57.3 Å². The van der Waals surface area contributed by atoms with Crippen molar-refractivity contribution in [3.8, 4) is 0 Å². The molecule has 0 radical (unpaired) electrons. The standard InChI is InChI=1S/C12H22N4O2S/c1-8(2)14-12(4,10(17)18)6-5-7-19-11-13-9(3)15-16-11/h8,14H,5-7H2,1-4H3,(H,17,18)(H,13,15,16). The summed E-state index contributed by atoms with van der Waals surface area (Å²) in [4.78, 5) is 15.5. The zero-order chi connectivity index (χ0) is 14.5. The molecule has 1 unspecified atom stereocenters. The summed E-state index contributed by atoms with van der Waals surface area (Å²) in [6.07, 6.45) is 1.37. The fraction of sp³-hybridized carbons (Fsp3) is 0.750. The van der Waals surface area contributed by atoms with Crippen LogP contribution >= 0.6 is 11.8 Å². The normalized spacial score (nSPS) is 14.6. The number of hydrogen-bond donors (Lipinski definition) is 3. The van der Waals surface area contributed by atoms with E-state index >= 15 is 0 Å². The average molecular weight is 286 g/mol. The number of thioether (sulfide) groups is 1. The number of nitrogens with zero attached hydrogens (tertiary/aromatic N) is 2. The fourth-order valence-corrected chi connectivity index (χ4v) is 2.64. The van der Waals surface area contributed by atoms with Gasteiger partial charge in [0, 0.05) is 11.8 Å². The van der Waals surface area contributed by atoms with Crippen molar-refractivity contribution in [1.29, 1.82) is 0 Å². The molecule has 0 aliphatic rings. The quantitative estimate of drug-likeness (QED) is 0.499. The summed E-state index contributed by atoms with van der Waals surface area (Å²) >= 11 is 1.54. The molecule has 3 N–H and O–H groups in total. The molecule has 108 valence electrons. The molecule has 1 atom stereocenters. The molecule has 1 heterocycles. The maximum absolute atomic E-state index is 11.3. The van der Waals surface area contributed by atoms with Gasteiger partial charge in [-0.25, -0.2) is 4.98 Å². The van der Waals surface area contributed by atoms with E-state index in [9.17, 15) is 9.90 Å². The molecule has 7 heteroatoms. The van der Waals surface area contributed by atoms with Gasteiger partial charge in [-0.3, -0.25) is 15.2 Å². The van der Waals surface area contributed by atoms with Crippen LogP contribution in [-0.4, -0.2) is 43.6 Å². The summed E-state index contributed by atoms with van der Waals surface area (Å²) in [6.45, 7) is 7.49. The number of aromatic nitrogens is 3. The first-order valence-electron chi connectivity index (χ1n) is 6.36. The molecule has 0 saturated heterocycles. The molecule has 1 rings (SSSR count). The summed E-state index contributed by atoms with van der Waals surface area (Å²) in [6, 6.07) is 0.143. The topological polar surface area (TPSA) is 90.9 Å². The Balaban J connectivity index is 2.38. The lowest BCUT2D eigenvalue weighted by molar-refractivity contribution is -0.144. The predicted molar refractivity (Wildman–Crippen MR) is 75.4 cm³/mol. The second-order valence-corrected chi connectivity index (χ2v) is 6.15. The van der Waals surface area contributed by atoms with Crippen molar-refractivity contribution < 1.29 is 9.90 Å². The highest BCUT2D eigenvalue weighted by molar-refractivity contribution is 7.99. The van der Waals surface area contributed by atoms with E-state index in [4.69, 9.17) is 0 Å². The molecule has 0 bridgehead atoms. The van der Waals surface area contributed by atoms with Gasteiger partial charge in [0.05, 0.1) is 0 Å². The summed E-state index contributed by atoms with van der Waals surface area (Å²) < 4.78 is 0. The van der Waals surface area contributed by atoms with Crippen LogP contribution in [0.3, 0.4) is 0 Å². The minimum Gasteiger partial charge on any atom is -0.480 e. The van der Waals surface area contributed by atoms with Crippen molar-refractivity contribution in [3.05, 3.63) is 5.82 Å². The van der Waals surface area contributed by atoms with Crippen LogP contribution in [0.15, 0.2) is 5.16 Å². The second kappa shape index (κ2) is 6.91. The maximum Gasteiger partial charge on any atom is 0.323 e. The van der Waals surface area contributed by atoms with Crippen molar-refractivity contribution in [1.82, 2.24) is 20.5 Å². The third-order valence-corrected chi connectivity index (χ3v) is 3.64. The van der Waals surface area contributed by atoms with Gasteiger partial charge >= 0.3 is 5.97 Å². The van der Waals surface area contributed by atoms with Crippen LogP contribution in [-0.2, 0) is 4.79 Å². The van der Waals surface area contributed by atoms with Crippen LogP contribution in [0.4, 0.5) is 0 Å². The van der Waals surface area contributed by atoms with Gasteiger partial charge < -0.3 is 5.11 Å². The Kier molecular flexibility index (Phi) is 5.81. The molecule has 0 fully saturated rings. The average Bonchev–Trinajstić information content (AvgIpc) is 2.69. The summed E-state index contributed by atoms with van der Waals surface area (Å²) in [7, 11) is 0. The predicted octanol–water partition coefficient (Wildman–Crippen LogP) is 1.83. The second-order valence-electron chi connectivity index (χ2n) is 5.09. The number of H-pyrrole nitrogens is 1. The van der Waals surface area contributed by atoms with Gasteiger partial charge in [-0.05, 0) is 40.5 Å². The lowest BCUT2D eigenvalue weighted by Crippen LogP contribution is -2.52. The molecule has 6 nitrogen and oxygen atoms in total. The summed E-state index contributed by atoms with van der Waals surface area (Å²) in [5, 5.41) is 19.9. The number of carbonyl (C=O) groups is 1. The molecule has 0 amide bonds. The van der Waals surface area contributed by atoms with E-state index in [0.717, 1.165) is 18.0 Å². The third kappa shape index (κ3) is 5.20. The third-order valence-electron chi connectivity index (χ3n) is 2.71. The van der Waals surface area contributed by atoms with E-state index in [2.05, 4.69) is 20.5 Å². The van der Waals surface area contributed by atoms with Crippen LogP contribution in [0.5, 0.6) is 0 Å². The van der Waals surface area contributed by atoms with E-state index in [0.29, 0.717) is 11.6 Å². The number of aliphatic carboxylic acids is 1. The Morgan fingerprint density at radius 1 is 1.58 bits per heavy atom. The zero-order valence-electron chi connectivity index (χ0n) is 11.9. The van der Waals surface area contributed by atoms with Crippen LogP contribution in [0.2, 0.25) is 0 Å². The van der Waals surface area contributed by atoms with Crippen molar-refractivity contribution in [2.75, 3.05) is 5.75 Å². The smallest absolute Gasteiger partial charge is 0.323 e. The Morgan fingerprint density at radius 2 is 2.26 bits per heavy atom. The van der Waals surface area contributed by atoms with Crippen LogP contribution in [0, 0.1) is 6.92 Å². The van der Waals surface area contributed by atoms with Gasteiger partial charge in [0.1, 0.15) is 11.4 Å². The van der Waals surface area contributed by atoms with Crippen molar-refractivity contribution in [3.63, 3.8) is 0 Å². The molecule has 0 spiro atoms. The molecule has 0 aromatic carbocycles. The van der Waals surface area contributed by atoms with Crippen molar-refractivity contribution in [2.24, 2.45) is 0 Å². The van der Waals surface area contributed by atoms with E-state index in [-0.39, 0.29) is 6.04 Å². The first kappa shape index (κ1) is 16.0. The largest absolute Gasteiger partial charge is 0.480 e. The maximum atomic E-state index is 11.3. The van der Waals surface area contributed by atoms with Gasteiger partial charge in [-0.2, -0.15) is 0 Å². The molecule has 0 aliphatic heterocycles. The Hall–Kier alpha value is -1.08. The first-order chi connectivity index (χ1) is 8.83. The van der Waals surface area contributed by atoms with E-state index in [1.807, 2.05) is 20.8 Å². The summed E-state index contributed by atoms with van der Waals surface area (Å²) in [5.41, 5.74) is -0.871. The minimum atomic E-state index is -0.871. The van der Waals surface area contributed by atoms with Crippen LogP contribution in [0.1, 0.15) is 39.4 Å². The lowest BCUT2D eigenvalue weighted by Gasteiger charge is -2.28. The molecule has 0 aliphatic carbocycles. The number of carboxylic acids is 1. The highest BCUT2D eigenvalue weighted by atomic mass is 32.2. The zero-order valence-corrected chi connectivity index (χ0v) is 12.7. The Bertz CT molecular complexity index is 422. The van der Waals surface area contributed by atoms with Crippen LogP contribution < -0.4 is 5.32 Å². The van der Waals surface area contributed by atoms with Gasteiger partial charge in [0.15, 0.2) is 0 Å². The molecule has 0 saturated carbocycles. The Morgan fingerprint density at radius 3 is 2.74 bits per heavy atom. The summed E-state index contributed by atoms with van der Waals surface area (Å²) in [5.74, 6) is 0.791. The van der Waals surface area contributed by atoms with E-state index in [1.54, 1.807) is 6.92 Å². The fourth-order valence-electron chi connectivity index (χ4n) is 1.85. The monoisotopic (exact) mass is 286 g/mol. The number of rotatable bonds is 8. The number of aromatic amines is 1. The highest BCUT2D eigenvalue weighted by Gasteiger charge is 2.32. The van der Waals surface area contributed by atoms with E-state index in [1.165, 1.54) is 11.8 Å². The number of nitrogens with one attached hydrogen (secondary N) is 2. The first-order valence-corrected chi connectivity index (χ1v) is 7.35. The number of hydrogen-bond acceptors (Lipinski definition) is 5. The number of carboxylic acid groups (broad SMARTS) is 1. The SMILES string of the molecule is Cc1nc(SCCCC(C)(NC(C)C)C(=O)O)n[nH]1. The molecular weight excluding hydrogens is 264 g/mol. The lowest BCUT2D eigenvalue weighted by atomic mass is 9.95. The molecule has 19 heavy (non-hydrogen) atoms. The molecule has 1 aromatic rings. The van der Waals surface area contributed by atoms with Gasteiger partial charge in [0.25, 0.3) is 0 Å². The highest BCUT2D eigenvalue weighted by Crippen LogP contribution is 2.19. The minimum absolute atomic E-state index is 0.143. The number of aryl methyl sites for hydroxylation is 1. The van der Waals surface area contributed by atoms with Gasteiger partial charge in [-0.15, -0.1) is 5.10 Å². The van der Waals surface area contributed by atoms with Gasteiger partial charge in [0.2, 0.25) is 5.16 Å². The molecular formula is C12H22N4O2S. The van der Waals surface area contributed by atoms with E-state index < -0.39 is 11.5 Å².